The van der Waals surface area contributed by atoms with Crippen molar-refractivity contribution in [2.45, 2.75) is 0 Å². The predicted octanol–water partition coefficient (Wildman–Crippen LogP) is -0.225. The number of rotatable bonds is 4. The van der Waals surface area contributed by atoms with Gasteiger partial charge in [0.2, 0.25) is 0 Å². The van der Waals surface area contributed by atoms with Gasteiger partial charge >= 0.3 is 0 Å². The Morgan fingerprint density at radius 1 is 1.77 bits per heavy atom. The SMILES string of the molecule is N/C(=C\N(N)CC=O)c1cncs1. The maximum absolute atomic E-state index is 10.1. The van der Waals surface area contributed by atoms with E-state index in [2.05, 4.69) is 4.98 Å². The van der Waals surface area contributed by atoms with Gasteiger partial charge in [0, 0.05) is 12.4 Å². The molecule has 0 spiro atoms. The number of hydrogen-bond donors (Lipinski definition) is 2. The third-order valence-corrected chi connectivity index (χ3v) is 2.13. The lowest BCUT2D eigenvalue weighted by Crippen LogP contribution is -2.27. The highest BCUT2D eigenvalue weighted by Gasteiger charge is 1.99. The molecule has 0 radical (unpaired) electrons. The van der Waals surface area contributed by atoms with Gasteiger partial charge in [-0.15, -0.1) is 11.3 Å². The molecule has 1 aromatic heterocycles. The van der Waals surface area contributed by atoms with Gasteiger partial charge in [0.1, 0.15) is 6.29 Å². The molecule has 0 aliphatic carbocycles. The lowest BCUT2D eigenvalue weighted by Gasteiger charge is -2.09. The van der Waals surface area contributed by atoms with Gasteiger partial charge in [-0.2, -0.15) is 0 Å². The summed E-state index contributed by atoms with van der Waals surface area (Å²) in [6, 6.07) is 0. The van der Waals surface area contributed by atoms with Crippen molar-refractivity contribution >= 4 is 23.3 Å². The van der Waals surface area contributed by atoms with Crippen LogP contribution in [0.4, 0.5) is 0 Å². The van der Waals surface area contributed by atoms with E-state index in [4.69, 9.17) is 11.6 Å². The Bertz CT molecular complexity index is 295. The van der Waals surface area contributed by atoms with E-state index in [-0.39, 0.29) is 6.54 Å². The van der Waals surface area contributed by atoms with Crippen molar-refractivity contribution in [1.29, 1.82) is 0 Å². The van der Waals surface area contributed by atoms with Crippen molar-refractivity contribution in [3.63, 3.8) is 0 Å². The van der Waals surface area contributed by atoms with Gasteiger partial charge in [-0.1, -0.05) is 0 Å². The Kier molecular flexibility index (Phi) is 3.41. The number of nitrogens with two attached hydrogens (primary N) is 2. The van der Waals surface area contributed by atoms with E-state index in [0.717, 1.165) is 4.88 Å². The smallest absolute Gasteiger partial charge is 0.140 e. The molecule has 5 nitrogen and oxygen atoms in total. The number of thiazole rings is 1. The molecule has 1 rings (SSSR count). The Morgan fingerprint density at radius 2 is 2.54 bits per heavy atom. The van der Waals surface area contributed by atoms with E-state index in [9.17, 15) is 4.79 Å². The Balaban J connectivity index is 2.66. The van der Waals surface area contributed by atoms with Gasteiger partial charge in [-0.25, -0.2) is 5.84 Å². The summed E-state index contributed by atoms with van der Waals surface area (Å²) in [5.41, 5.74) is 7.85. The molecule has 70 valence electrons. The van der Waals surface area contributed by atoms with Crippen LogP contribution >= 0.6 is 11.3 Å². The molecule has 6 heteroatoms. The van der Waals surface area contributed by atoms with Gasteiger partial charge in [0.05, 0.1) is 22.6 Å². The molecule has 4 N–H and O–H groups in total. The highest BCUT2D eigenvalue weighted by Crippen LogP contribution is 2.12. The molecule has 1 heterocycles. The maximum atomic E-state index is 10.1. The summed E-state index contributed by atoms with van der Waals surface area (Å²) >= 11 is 1.42. The molecule has 1 aromatic rings. The molecule has 0 aliphatic rings. The second kappa shape index (κ2) is 4.58. The second-order valence-electron chi connectivity index (χ2n) is 2.31. The number of aldehydes is 1. The van der Waals surface area contributed by atoms with Crippen LogP contribution in [0.3, 0.4) is 0 Å². The van der Waals surface area contributed by atoms with E-state index < -0.39 is 0 Å². The van der Waals surface area contributed by atoms with Crippen LogP contribution in [-0.4, -0.2) is 22.8 Å². The van der Waals surface area contributed by atoms with Gasteiger partial charge < -0.3 is 15.5 Å². The predicted molar refractivity (Wildman–Crippen MR) is 51.2 cm³/mol. The second-order valence-corrected chi connectivity index (χ2v) is 3.20. The summed E-state index contributed by atoms with van der Waals surface area (Å²) in [6.45, 7) is 0.125. The van der Waals surface area contributed by atoms with Gasteiger partial charge in [-0.05, 0) is 0 Å². The first-order valence-corrected chi connectivity index (χ1v) is 4.43. The van der Waals surface area contributed by atoms with Crippen LogP contribution in [0.1, 0.15) is 4.88 Å². The molecule has 13 heavy (non-hydrogen) atoms. The Labute approximate surface area is 79.6 Å². The molecule has 0 unspecified atom stereocenters. The Hall–Kier alpha value is -1.40. The fraction of sp³-hybridized carbons (Fsp3) is 0.143. The van der Waals surface area contributed by atoms with E-state index in [1.807, 2.05) is 0 Å². The fourth-order valence-corrected chi connectivity index (χ4v) is 1.29. The normalized spacial score (nSPS) is 11.3. The summed E-state index contributed by atoms with van der Waals surface area (Å²) < 4.78 is 0. The minimum absolute atomic E-state index is 0.125. The highest BCUT2D eigenvalue weighted by molar-refractivity contribution is 7.10. The number of carbonyl (C=O) groups excluding carboxylic acids is 1. The van der Waals surface area contributed by atoms with Crippen molar-refractivity contribution in [1.82, 2.24) is 9.99 Å². The van der Waals surface area contributed by atoms with Gasteiger partial charge in [-0.3, -0.25) is 4.98 Å². The molecule has 0 fully saturated rings. The van der Waals surface area contributed by atoms with Crippen LogP contribution in [0.2, 0.25) is 0 Å². The third kappa shape index (κ3) is 2.85. The van der Waals surface area contributed by atoms with Gasteiger partial charge in [0.25, 0.3) is 0 Å². The molecule has 0 bridgehead atoms. The zero-order valence-corrected chi connectivity index (χ0v) is 7.70. The molecule has 0 aromatic carbocycles. The lowest BCUT2D eigenvalue weighted by molar-refractivity contribution is -0.108. The first kappa shape index (κ1) is 9.69. The third-order valence-electron chi connectivity index (χ3n) is 1.31. The number of nitrogens with zero attached hydrogens (tertiary/aromatic N) is 2. The maximum Gasteiger partial charge on any atom is 0.140 e. The van der Waals surface area contributed by atoms with Crippen LogP contribution in [-0.2, 0) is 4.79 Å². The standard InChI is InChI=1S/C7H10N4OS/c8-6(4-11(9)1-2-12)7-3-10-5-13-7/h2-5H,1,8-9H2/b6-4-. The first-order chi connectivity index (χ1) is 6.24. The first-order valence-electron chi connectivity index (χ1n) is 3.55. The van der Waals surface area contributed by atoms with Crippen LogP contribution in [0.25, 0.3) is 5.70 Å². The number of aromatic nitrogens is 1. The van der Waals surface area contributed by atoms with E-state index >= 15 is 0 Å². The summed E-state index contributed by atoms with van der Waals surface area (Å²) in [6.07, 6.45) is 3.85. The average Bonchev–Trinajstić information content (AvgIpc) is 2.55. The van der Waals surface area contributed by atoms with Gasteiger partial charge in [0.15, 0.2) is 0 Å². The molecule has 0 atom stereocenters. The number of carbonyl (C=O) groups is 1. The summed E-state index contributed by atoms with van der Waals surface area (Å²) in [5, 5.41) is 1.22. The van der Waals surface area contributed by atoms with Crippen molar-refractivity contribution in [3.8, 4) is 0 Å². The molecular weight excluding hydrogens is 188 g/mol. The largest absolute Gasteiger partial charge is 0.396 e. The molecule has 0 aliphatic heterocycles. The van der Waals surface area contributed by atoms with Crippen molar-refractivity contribution < 1.29 is 4.79 Å². The molecular formula is C7H10N4OS. The van der Waals surface area contributed by atoms with Crippen LogP contribution in [0.5, 0.6) is 0 Å². The minimum atomic E-state index is 0.125. The average molecular weight is 198 g/mol. The summed E-state index contributed by atoms with van der Waals surface area (Å²) in [7, 11) is 0. The summed E-state index contributed by atoms with van der Waals surface area (Å²) in [5.74, 6) is 5.42. The quantitative estimate of drug-likeness (QED) is 0.397. The van der Waals surface area contributed by atoms with E-state index in [1.54, 1.807) is 11.7 Å². The highest BCUT2D eigenvalue weighted by atomic mass is 32.1. The number of hydrogen-bond acceptors (Lipinski definition) is 6. The van der Waals surface area contributed by atoms with Crippen molar-refractivity contribution in [2.75, 3.05) is 6.54 Å². The molecule has 0 saturated heterocycles. The number of hydrazine groups is 1. The van der Waals surface area contributed by atoms with Crippen molar-refractivity contribution in [2.24, 2.45) is 11.6 Å². The topological polar surface area (TPSA) is 85.2 Å². The summed E-state index contributed by atoms with van der Waals surface area (Å²) in [4.78, 5) is 14.8. The lowest BCUT2D eigenvalue weighted by atomic mass is 10.4. The Morgan fingerprint density at radius 3 is 3.08 bits per heavy atom. The van der Waals surface area contributed by atoms with E-state index in [0.29, 0.717) is 12.0 Å². The minimum Gasteiger partial charge on any atom is -0.396 e. The fourth-order valence-electron chi connectivity index (χ4n) is 0.739. The van der Waals surface area contributed by atoms with Crippen LogP contribution in [0, 0.1) is 0 Å². The van der Waals surface area contributed by atoms with Crippen LogP contribution in [0.15, 0.2) is 17.9 Å². The van der Waals surface area contributed by atoms with E-state index in [1.165, 1.54) is 22.5 Å². The molecule has 0 saturated carbocycles. The van der Waals surface area contributed by atoms with Crippen LogP contribution < -0.4 is 11.6 Å². The zero-order valence-electron chi connectivity index (χ0n) is 6.88. The molecule has 0 amide bonds. The zero-order chi connectivity index (χ0) is 9.68. The van der Waals surface area contributed by atoms with Crippen molar-refractivity contribution in [3.05, 3.63) is 22.8 Å². The monoisotopic (exact) mass is 198 g/mol.